The summed E-state index contributed by atoms with van der Waals surface area (Å²) in [6.07, 6.45) is 3.25. The van der Waals surface area contributed by atoms with Crippen LogP contribution in [0, 0.1) is 5.92 Å². The Morgan fingerprint density at radius 2 is 1.78 bits per heavy atom. The number of nitrogens with two attached hydrogens (primary N) is 1. The molecular weight excluding hydrogens is 226 g/mol. The normalized spacial score (nSPS) is 12.3. The molecule has 1 unspecified atom stereocenters. The first-order valence-corrected chi connectivity index (χ1v) is 6.78. The lowest BCUT2D eigenvalue weighted by Crippen LogP contribution is -2.06. The van der Waals surface area contributed by atoms with Gasteiger partial charge >= 0.3 is 0 Å². The molecule has 0 spiro atoms. The maximum Gasteiger partial charge on any atom is 0.119 e. The highest BCUT2D eigenvalue weighted by Gasteiger charge is 1.98. The van der Waals surface area contributed by atoms with Gasteiger partial charge in [0.15, 0.2) is 0 Å². The van der Waals surface area contributed by atoms with Gasteiger partial charge in [-0.15, -0.1) is 0 Å². The van der Waals surface area contributed by atoms with Crippen molar-refractivity contribution in [1.82, 2.24) is 0 Å². The number of hydrogen-bond donors (Lipinski definition) is 1. The number of ether oxygens (including phenoxy) is 2. The third-order valence-electron chi connectivity index (χ3n) is 2.93. The second kappa shape index (κ2) is 8.81. The fourth-order valence-electron chi connectivity index (χ4n) is 1.46. The molecule has 1 atom stereocenters. The van der Waals surface area contributed by atoms with Gasteiger partial charge in [-0.2, -0.15) is 0 Å². The van der Waals surface area contributed by atoms with Crippen LogP contribution in [0.15, 0.2) is 24.3 Å². The first-order chi connectivity index (χ1) is 8.72. The molecule has 0 saturated heterocycles. The van der Waals surface area contributed by atoms with Crippen LogP contribution in [0.5, 0.6) is 5.75 Å². The van der Waals surface area contributed by atoms with E-state index >= 15 is 0 Å². The Kier molecular flexibility index (Phi) is 7.26. The van der Waals surface area contributed by atoms with Gasteiger partial charge in [0.25, 0.3) is 0 Å². The minimum atomic E-state index is 0.663. The van der Waals surface area contributed by atoms with E-state index in [9.17, 15) is 0 Å². The van der Waals surface area contributed by atoms with E-state index < -0.39 is 0 Å². The smallest absolute Gasteiger partial charge is 0.119 e. The summed E-state index contributed by atoms with van der Waals surface area (Å²) < 4.78 is 11.2. The van der Waals surface area contributed by atoms with Crippen LogP contribution in [0.3, 0.4) is 0 Å². The fraction of sp³-hybridized carbons (Fsp3) is 0.600. The number of rotatable bonds is 9. The quantitative estimate of drug-likeness (QED) is 0.539. The van der Waals surface area contributed by atoms with Crippen molar-refractivity contribution in [2.75, 3.05) is 25.6 Å². The number of nitrogen functional groups attached to an aromatic ring is 1. The van der Waals surface area contributed by atoms with Crippen LogP contribution in [0.2, 0.25) is 0 Å². The van der Waals surface area contributed by atoms with E-state index in [4.69, 9.17) is 15.2 Å². The molecule has 0 heterocycles. The van der Waals surface area contributed by atoms with Crippen molar-refractivity contribution >= 4 is 5.69 Å². The van der Waals surface area contributed by atoms with E-state index in [0.717, 1.165) is 44.1 Å². The van der Waals surface area contributed by atoms with Gasteiger partial charge in [-0.05, 0) is 43.0 Å². The summed E-state index contributed by atoms with van der Waals surface area (Å²) in [6, 6.07) is 7.50. The molecule has 3 nitrogen and oxygen atoms in total. The molecule has 0 aliphatic carbocycles. The van der Waals surface area contributed by atoms with Crippen molar-refractivity contribution in [3.63, 3.8) is 0 Å². The van der Waals surface area contributed by atoms with Crippen LogP contribution < -0.4 is 10.5 Å². The summed E-state index contributed by atoms with van der Waals surface area (Å²) in [5.41, 5.74) is 6.36. The van der Waals surface area contributed by atoms with Crippen LogP contribution in [-0.2, 0) is 4.74 Å². The molecule has 0 aliphatic rings. The Hall–Kier alpha value is -1.22. The Balaban J connectivity index is 1.97. The average Bonchev–Trinajstić information content (AvgIpc) is 2.39. The zero-order chi connectivity index (χ0) is 13.2. The maximum atomic E-state index is 5.60. The van der Waals surface area contributed by atoms with E-state index in [0.29, 0.717) is 5.92 Å². The first-order valence-electron chi connectivity index (χ1n) is 6.78. The molecule has 0 radical (unpaired) electrons. The van der Waals surface area contributed by atoms with E-state index in [1.54, 1.807) is 0 Å². The number of hydrogen-bond acceptors (Lipinski definition) is 3. The second-order valence-corrected chi connectivity index (χ2v) is 4.71. The van der Waals surface area contributed by atoms with Crippen LogP contribution >= 0.6 is 0 Å². The van der Waals surface area contributed by atoms with Gasteiger partial charge in [-0.1, -0.05) is 20.3 Å². The lowest BCUT2D eigenvalue weighted by molar-refractivity contribution is 0.0977. The summed E-state index contributed by atoms with van der Waals surface area (Å²) in [5, 5.41) is 0. The minimum absolute atomic E-state index is 0.663. The van der Waals surface area contributed by atoms with E-state index in [2.05, 4.69) is 13.8 Å². The molecule has 0 saturated carbocycles. The molecule has 0 fully saturated rings. The van der Waals surface area contributed by atoms with Crippen molar-refractivity contribution in [1.29, 1.82) is 0 Å². The van der Waals surface area contributed by atoms with E-state index in [1.807, 2.05) is 24.3 Å². The van der Waals surface area contributed by atoms with Crippen molar-refractivity contribution in [2.24, 2.45) is 5.92 Å². The highest BCUT2D eigenvalue weighted by molar-refractivity contribution is 5.41. The van der Waals surface area contributed by atoms with Gasteiger partial charge in [-0.25, -0.2) is 0 Å². The lowest BCUT2D eigenvalue weighted by Gasteiger charge is -2.09. The molecule has 0 aromatic heterocycles. The molecule has 0 bridgehead atoms. The maximum absolute atomic E-state index is 5.60. The minimum Gasteiger partial charge on any atom is -0.494 e. The Morgan fingerprint density at radius 1 is 1.11 bits per heavy atom. The van der Waals surface area contributed by atoms with Gasteiger partial charge in [0.2, 0.25) is 0 Å². The Morgan fingerprint density at radius 3 is 2.44 bits per heavy atom. The molecule has 0 aliphatic heterocycles. The van der Waals surface area contributed by atoms with E-state index in [-0.39, 0.29) is 0 Å². The molecule has 1 aromatic carbocycles. The topological polar surface area (TPSA) is 44.5 Å². The molecule has 3 heteroatoms. The molecular formula is C15H25NO2. The van der Waals surface area contributed by atoms with Crippen LogP contribution in [-0.4, -0.2) is 19.8 Å². The second-order valence-electron chi connectivity index (χ2n) is 4.71. The highest BCUT2D eigenvalue weighted by Crippen LogP contribution is 2.13. The summed E-state index contributed by atoms with van der Waals surface area (Å²) in [7, 11) is 0. The third kappa shape index (κ3) is 6.50. The number of anilines is 1. The molecule has 0 amide bonds. The highest BCUT2D eigenvalue weighted by atomic mass is 16.5. The molecule has 102 valence electrons. The molecule has 2 N–H and O–H groups in total. The van der Waals surface area contributed by atoms with Gasteiger partial charge < -0.3 is 15.2 Å². The predicted octanol–water partition coefficient (Wildman–Crippen LogP) is 3.49. The summed E-state index contributed by atoms with van der Waals surface area (Å²) in [6.45, 7) is 6.83. The summed E-state index contributed by atoms with van der Waals surface area (Å²) in [4.78, 5) is 0. The third-order valence-corrected chi connectivity index (χ3v) is 2.93. The SMILES string of the molecule is CCC(C)COCCCCOc1ccc(N)cc1. The van der Waals surface area contributed by atoms with Crippen molar-refractivity contribution < 1.29 is 9.47 Å². The Labute approximate surface area is 110 Å². The van der Waals surface area contributed by atoms with Crippen LogP contribution in [0.25, 0.3) is 0 Å². The van der Waals surface area contributed by atoms with Gasteiger partial charge in [-0.3, -0.25) is 0 Å². The first kappa shape index (κ1) is 14.8. The number of benzene rings is 1. The van der Waals surface area contributed by atoms with Crippen molar-refractivity contribution in [3.05, 3.63) is 24.3 Å². The molecule has 1 rings (SSSR count). The van der Waals surface area contributed by atoms with Crippen molar-refractivity contribution in [2.45, 2.75) is 33.1 Å². The van der Waals surface area contributed by atoms with E-state index in [1.165, 1.54) is 6.42 Å². The number of unbranched alkanes of at least 4 members (excludes halogenated alkanes) is 1. The monoisotopic (exact) mass is 251 g/mol. The molecule has 1 aromatic rings. The zero-order valence-corrected chi connectivity index (χ0v) is 11.5. The average molecular weight is 251 g/mol. The summed E-state index contributed by atoms with van der Waals surface area (Å²) >= 11 is 0. The Bertz CT molecular complexity index is 311. The van der Waals surface area contributed by atoms with Crippen LogP contribution in [0.1, 0.15) is 33.1 Å². The van der Waals surface area contributed by atoms with Crippen molar-refractivity contribution in [3.8, 4) is 5.75 Å². The standard InChI is InChI=1S/C15H25NO2/c1-3-13(2)12-17-10-4-5-11-18-15-8-6-14(16)7-9-15/h6-9,13H,3-5,10-12,16H2,1-2H3. The van der Waals surface area contributed by atoms with Crippen LogP contribution in [0.4, 0.5) is 5.69 Å². The fourth-order valence-corrected chi connectivity index (χ4v) is 1.46. The lowest BCUT2D eigenvalue weighted by atomic mass is 10.1. The summed E-state index contributed by atoms with van der Waals surface area (Å²) in [5.74, 6) is 1.54. The van der Waals surface area contributed by atoms with Gasteiger partial charge in [0.1, 0.15) is 5.75 Å². The predicted molar refractivity (Wildman–Crippen MR) is 75.9 cm³/mol. The molecule has 18 heavy (non-hydrogen) atoms. The van der Waals surface area contributed by atoms with Gasteiger partial charge in [0.05, 0.1) is 6.61 Å². The van der Waals surface area contributed by atoms with Gasteiger partial charge in [0, 0.05) is 18.9 Å². The zero-order valence-electron chi connectivity index (χ0n) is 11.5. The largest absolute Gasteiger partial charge is 0.494 e.